The van der Waals surface area contributed by atoms with Crippen LogP contribution in [0.3, 0.4) is 0 Å². The van der Waals surface area contributed by atoms with Crippen molar-refractivity contribution in [2.45, 2.75) is 38.7 Å². The number of ether oxygens (including phenoxy) is 3. The smallest absolute Gasteiger partial charge is 0.344 e. The third-order valence-electron chi connectivity index (χ3n) is 5.39. The number of rotatable bonds is 13. The summed E-state index contributed by atoms with van der Waals surface area (Å²) in [6.45, 7) is 2.48. The number of carboxylic acids is 1. The third-order valence-corrected chi connectivity index (χ3v) is 5.39. The second-order valence-electron chi connectivity index (χ2n) is 7.87. The fourth-order valence-corrected chi connectivity index (χ4v) is 3.42. The Kier molecular flexibility index (Phi) is 9.66. The van der Waals surface area contributed by atoms with Gasteiger partial charge < -0.3 is 19.3 Å². The van der Waals surface area contributed by atoms with Crippen LogP contribution in [-0.2, 0) is 17.6 Å². The van der Waals surface area contributed by atoms with Gasteiger partial charge in [0.2, 0.25) is 0 Å². The number of allylic oxidation sites excluding steroid dienone is 1. The van der Waals surface area contributed by atoms with E-state index < -0.39 is 12.1 Å². The molecule has 1 atom stereocenters. The van der Waals surface area contributed by atoms with Gasteiger partial charge in [-0.05, 0) is 61.2 Å². The predicted molar refractivity (Wildman–Crippen MR) is 133 cm³/mol. The van der Waals surface area contributed by atoms with Crippen LogP contribution in [0.15, 0.2) is 66.9 Å². The highest BCUT2D eigenvalue weighted by atomic mass is 19.1. The summed E-state index contributed by atoms with van der Waals surface area (Å²) in [7, 11) is 1.50. The van der Waals surface area contributed by atoms with Crippen molar-refractivity contribution in [3.05, 3.63) is 89.5 Å². The lowest BCUT2D eigenvalue weighted by atomic mass is 10.1. The molecule has 0 aliphatic heterocycles. The van der Waals surface area contributed by atoms with E-state index in [0.29, 0.717) is 42.3 Å². The number of para-hydroxylation sites is 2. The van der Waals surface area contributed by atoms with Crippen LogP contribution in [0.4, 0.5) is 4.39 Å². The number of pyridine rings is 1. The van der Waals surface area contributed by atoms with Crippen LogP contribution < -0.4 is 14.2 Å². The van der Waals surface area contributed by atoms with Crippen LogP contribution in [0, 0.1) is 5.82 Å². The first kappa shape index (κ1) is 25.7. The van der Waals surface area contributed by atoms with Gasteiger partial charge in [-0.15, -0.1) is 0 Å². The van der Waals surface area contributed by atoms with Crippen molar-refractivity contribution < 1.29 is 28.5 Å². The standard InChI is InChI=1S/C28H30FNO5/c1-3-20-12-14-23(30-19-20)16-17-34-24-15-13-22(29)18-21(24)8-4-5-11-27(28(31)32)35-26-10-7-6-9-25(26)33-2/h4,6-10,12-15,18-19,27H,3,5,11,16-17H2,1-2H3,(H,31,32). The lowest BCUT2D eigenvalue weighted by Crippen LogP contribution is -2.26. The number of nitrogens with zero attached hydrogens (tertiary/aromatic N) is 1. The number of hydrogen-bond donors (Lipinski definition) is 1. The van der Waals surface area contributed by atoms with Gasteiger partial charge >= 0.3 is 5.97 Å². The molecular weight excluding hydrogens is 449 g/mol. The Morgan fingerprint density at radius 3 is 2.60 bits per heavy atom. The number of aromatic nitrogens is 1. The Morgan fingerprint density at radius 2 is 1.91 bits per heavy atom. The van der Waals surface area contributed by atoms with Crippen molar-refractivity contribution in [1.82, 2.24) is 4.98 Å². The molecule has 6 nitrogen and oxygen atoms in total. The molecule has 0 aliphatic rings. The lowest BCUT2D eigenvalue weighted by Gasteiger charge is -2.16. The largest absolute Gasteiger partial charge is 0.493 e. The molecule has 35 heavy (non-hydrogen) atoms. The molecule has 2 aromatic carbocycles. The molecule has 0 amide bonds. The molecule has 0 fully saturated rings. The van der Waals surface area contributed by atoms with Gasteiger partial charge in [-0.2, -0.15) is 0 Å². The number of carboxylic acid groups (broad SMARTS) is 1. The molecule has 0 radical (unpaired) electrons. The second kappa shape index (κ2) is 13.1. The third kappa shape index (κ3) is 7.84. The van der Waals surface area contributed by atoms with Gasteiger partial charge in [0, 0.05) is 23.9 Å². The first-order valence-corrected chi connectivity index (χ1v) is 11.5. The van der Waals surface area contributed by atoms with Crippen LogP contribution in [-0.4, -0.2) is 35.9 Å². The zero-order chi connectivity index (χ0) is 25.0. The quantitative estimate of drug-likeness (QED) is 0.337. The minimum Gasteiger partial charge on any atom is -0.493 e. The zero-order valence-electron chi connectivity index (χ0n) is 19.9. The topological polar surface area (TPSA) is 77.9 Å². The second-order valence-corrected chi connectivity index (χ2v) is 7.87. The minimum atomic E-state index is -1.07. The summed E-state index contributed by atoms with van der Waals surface area (Å²) >= 11 is 0. The number of aliphatic carboxylic acids is 1. The van der Waals surface area contributed by atoms with Gasteiger partial charge in [-0.25, -0.2) is 9.18 Å². The average molecular weight is 480 g/mol. The molecule has 3 aromatic rings. The van der Waals surface area contributed by atoms with Crippen LogP contribution in [0.25, 0.3) is 6.08 Å². The Morgan fingerprint density at radius 1 is 1.11 bits per heavy atom. The maximum absolute atomic E-state index is 13.9. The molecule has 0 saturated carbocycles. The van der Waals surface area contributed by atoms with E-state index in [1.807, 2.05) is 12.3 Å². The van der Waals surface area contributed by atoms with Gasteiger partial charge in [0.05, 0.1) is 13.7 Å². The maximum Gasteiger partial charge on any atom is 0.344 e. The number of benzene rings is 2. The molecule has 1 aromatic heterocycles. The summed E-state index contributed by atoms with van der Waals surface area (Å²) in [5.41, 5.74) is 2.69. The van der Waals surface area contributed by atoms with E-state index in [1.165, 1.54) is 24.8 Å². The lowest BCUT2D eigenvalue weighted by molar-refractivity contribution is -0.145. The number of methoxy groups -OCH3 is 1. The van der Waals surface area contributed by atoms with Crippen molar-refractivity contribution in [2.24, 2.45) is 0 Å². The Hall–Kier alpha value is -3.87. The molecule has 184 valence electrons. The number of carbonyl (C=O) groups is 1. The van der Waals surface area contributed by atoms with Gasteiger partial charge in [0.15, 0.2) is 17.6 Å². The summed E-state index contributed by atoms with van der Waals surface area (Å²) in [5, 5.41) is 9.55. The highest BCUT2D eigenvalue weighted by Crippen LogP contribution is 2.28. The Labute approximate surface area is 205 Å². The average Bonchev–Trinajstić information content (AvgIpc) is 2.87. The van der Waals surface area contributed by atoms with E-state index >= 15 is 0 Å². The molecule has 3 rings (SSSR count). The summed E-state index contributed by atoms with van der Waals surface area (Å²) in [6, 6.07) is 15.3. The van der Waals surface area contributed by atoms with Gasteiger partial charge in [-0.3, -0.25) is 4.98 Å². The number of halogens is 1. The highest BCUT2D eigenvalue weighted by molar-refractivity contribution is 5.73. The van der Waals surface area contributed by atoms with Gasteiger partial charge in [0.25, 0.3) is 0 Å². The molecule has 0 aliphatic carbocycles. The first-order valence-electron chi connectivity index (χ1n) is 11.5. The van der Waals surface area contributed by atoms with Crippen molar-refractivity contribution in [3.8, 4) is 17.2 Å². The molecule has 0 spiro atoms. The monoisotopic (exact) mass is 479 g/mol. The molecule has 0 bridgehead atoms. The molecule has 1 heterocycles. The van der Waals surface area contributed by atoms with E-state index in [9.17, 15) is 14.3 Å². The maximum atomic E-state index is 13.9. The molecular formula is C28H30FNO5. The zero-order valence-corrected chi connectivity index (χ0v) is 19.9. The number of aryl methyl sites for hydroxylation is 1. The molecule has 7 heteroatoms. The van der Waals surface area contributed by atoms with Crippen molar-refractivity contribution in [1.29, 1.82) is 0 Å². The van der Waals surface area contributed by atoms with Crippen molar-refractivity contribution in [3.63, 3.8) is 0 Å². The van der Waals surface area contributed by atoms with Crippen LogP contribution in [0.1, 0.15) is 36.6 Å². The fourth-order valence-electron chi connectivity index (χ4n) is 3.42. The van der Waals surface area contributed by atoms with E-state index in [2.05, 4.69) is 18.0 Å². The SMILES string of the molecule is CCc1ccc(CCOc2ccc(F)cc2C=CCCC(Oc2ccccc2OC)C(=O)O)nc1. The van der Waals surface area contributed by atoms with Crippen molar-refractivity contribution >= 4 is 12.0 Å². The summed E-state index contributed by atoms with van der Waals surface area (Å²) in [5.74, 6) is -0.0670. The predicted octanol–water partition coefficient (Wildman–Crippen LogP) is 5.74. The fraction of sp³-hybridized carbons (Fsp3) is 0.286. The summed E-state index contributed by atoms with van der Waals surface area (Å²) < 4.78 is 30.6. The van der Waals surface area contributed by atoms with Gasteiger partial charge in [-0.1, -0.05) is 37.3 Å². The van der Waals surface area contributed by atoms with Crippen molar-refractivity contribution in [2.75, 3.05) is 13.7 Å². The van der Waals surface area contributed by atoms with E-state index in [1.54, 1.807) is 42.5 Å². The van der Waals surface area contributed by atoms with Crippen LogP contribution in [0.5, 0.6) is 17.2 Å². The van der Waals surface area contributed by atoms with E-state index in [4.69, 9.17) is 14.2 Å². The van der Waals surface area contributed by atoms with E-state index in [-0.39, 0.29) is 12.2 Å². The first-order chi connectivity index (χ1) is 17.0. The molecule has 1 unspecified atom stereocenters. The summed E-state index contributed by atoms with van der Waals surface area (Å²) in [6.07, 6.45) is 6.54. The molecule has 1 N–H and O–H groups in total. The summed E-state index contributed by atoms with van der Waals surface area (Å²) in [4.78, 5) is 16.1. The number of hydrogen-bond acceptors (Lipinski definition) is 5. The highest BCUT2D eigenvalue weighted by Gasteiger charge is 2.20. The van der Waals surface area contributed by atoms with E-state index in [0.717, 1.165) is 12.1 Å². The Bertz CT molecular complexity index is 1130. The normalized spacial score (nSPS) is 11.9. The minimum absolute atomic E-state index is 0.231. The Balaban J connectivity index is 1.58. The van der Waals surface area contributed by atoms with Crippen LogP contribution >= 0.6 is 0 Å². The van der Waals surface area contributed by atoms with Gasteiger partial charge in [0.1, 0.15) is 11.6 Å². The van der Waals surface area contributed by atoms with Crippen LogP contribution in [0.2, 0.25) is 0 Å². The molecule has 0 saturated heterocycles.